The molecule has 0 fully saturated rings. The fourth-order valence-corrected chi connectivity index (χ4v) is 3.41. The molecule has 0 aliphatic carbocycles. The van der Waals surface area contributed by atoms with Gasteiger partial charge >= 0.3 is 0 Å². The third kappa shape index (κ3) is 2.51. The van der Waals surface area contributed by atoms with Crippen LogP contribution in [0.1, 0.15) is 16.7 Å². The Morgan fingerprint density at radius 3 is 2.16 bits per heavy atom. The molecular formula is C15H13NO2S. The molecule has 0 amide bonds. The van der Waals surface area contributed by atoms with Gasteiger partial charge in [0.15, 0.2) is 0 Å². The normalized spacial score (nSPS) is 11.0. The predicted molar refractivity (Wildman–Crippen MR) is 72.5 cm³/mol. The second-order valence-electron chi connectivity index (χ2n) is 4.41. The van der Waals surface area contributed by atoms with Crippen molar-refractivity contribution < 1.29 is 8.42 Å². The zero-order chi connectivity index (χ0) is 14.0. The van der Waals surface area contributed by atoms with E-state index < -0.39 is 9.84 Å². The first-order valence-electron chi connectivity index (χ1n) is 5.77. The van der Waals surface area contributed by atoms with Gasteiger partial charge < -0.3 is 0 Å². The van der Waals surface area contributed by atoms with E-state index in [1.54, 1.807) is 19.1 Å². The van der Waals surface area contributed by atoms with Crippen LogP contribution in [0.4, 0.5) is 0 Å². The van der Waals surface area contributed by atoms with E-state index in [4.69, 9.17) is 5.26 Å². The Kier molecular flexibility index (Phi) is 3.41. The summed E-state index contributed by atoms with van der Waals surface area (Å²) in [6, 6.07) is 13.2. The predicted octanol–water partition coefficient (Wildman–Crippen LogP) is 3.01. The van der Waals surface area contributed by atoms with E-state index >= 15 is 0 Å². The number of benzene rings is 2. The van der Waals surface area contributed by atoms with Crippen molar-refractivity contribution in [1.29, 1.82) is 5.26 Å². The molecule has 96 valence electrons. The minimum Gasteiger partial charge on any atom is -0.219 e. The maximum atomic E-state index is 12.5. The fraction of sp³-hybridized carbons (Fsp3) is 0.133. The Bertz CT molecular complexity index is 754. The monoisotopic (exact) mass is 271 g/mol. The Hall–Kier alpha value is -2.12. The van der Waals surface area contributed by atoms with Gasteiger partial charge in [0, 0.05) is 0 Å². The van der Waals surface area contributed by atoms with E-state index in [1.165, 1.54) is 24.3 Å². The van der Waals surface area contributed by atoms with Crippen LogP contribution < -0.4 is 0 Å². The SMILES string of the molecule is Cc1ccc(S(=O)(=O)c2ccc(C#N)cc2)c(C)c1. The second-order valence-corrected chi connectivity index (χ2v) is 6.33. The van der Waals surface area contributed by atoms with Crippen LogP contribution >= 0.6 is 0 Å². The topological polar surface area (TPSA) is 57.9 Å². The molecule has 0 aliphatic heterocycles. The average Bonchev–Trinajstić information content (AvgIpc) is 2.38. The third-order valence-electron chi connectivity index (χ3n) is 2.91. The van der Waals surface area contributed by atoms with Gasteiger partial charge in [0.25, 0.3) is 0 Å². The minimum atomic E-state index is -3.52. The molecule has 0 spiro atoms. The molecular weight excluding hydrogens is 258 g/mol. The van der Waals surface area contributed by atoms with Crippen molar-refractivity contribution in [3.63, 3.8) is 0 Å². The molecule has 0 N–H and O–H groups in total. The zero-order valence-corrected chi connectivity index (χ0v) is 11.5. The molecule has 0 unspecified atom stereocenters. The number of hydrogen-bond acceptors (Lipinski definition) is 3. The summed E-state index contributed by atoms with van der Waals surface area (Å²) in [6.45, 7) is 3.70. The van der Waals surface area contributed by atoms with Gasteiger partial charge in [-0.2, -0.15) is 5.26 Å². The highest BCUT2D eigenvalue weighted by atomic mass is 32.2. The number of aryl methyl sites for hydroxylation is 2. The van der Waals surface area contributed by atoms with Crippen LogP contribution in [-0.2, 0) is 9.84 Å². The minimum absolute atomic E-state index is 0.207. The van der Waals surface area contributed by atoms with Crippen LogP contribution in [-0.4, -0.2) is 8.42 Å². The van der Waals surface area contributed by atoms with Crippen molar-refractivity contribution in [2.45, 2.75) is 23.6 Å². The molecule has 2 rings (SSSR count). The van der Waals surface area contributed by atoms with E-state index in [9.17, 15) is 8.42 Å². The number of nitriles is 1. The molecule has 0 saturated carbocycles. The summed E-state index contributed by atoms with van der Waals surface area (Å²) in [5.41, 5.74) is 2.19. The van der Waals surface area contributed by atoms with Crippen molar-refractivity contribution in [3.05, 3.63) is 59.2 Å². The molecule has 4 heteroatoms. The molecule has 0 radical (unpaired) electrons. The number of nitrogens with zero attached hydrogens (tertiary/aromatic N) is 1. The van der Waals surface area contributed by atoms with Gasteiger partial charge in [-0.25, -0.2) is 8.42 Å². The number of hydrogen-bond donors (Lipinski definition) is 0. The van der Waals surface area contributed by atoms with E-state index in [1.807, 2.05) is 19.1 Å². The van der Waals surface area contributed by atoms with Crippen LogP contribution in [0.3, 0.4) is 0 Å². The highest BCUT2D eigenvalue weighted by Crippen LogP contribution is 2.24. The lowest BCUT2D eigenvalue weighted by Crippen LogP contribution is -2.04. The van der Waals surface area contributed by atoms with Gasteiger partial charge in [-0.3, -0.25) is 0 Å². The molecule has 0 heterocycles. The lowest BCUT2D eigenvalue weighted by molar-refractivity contribution is 0.595. The van der Waals surface area contributed by atoms with Gasteiger partial charge in [-0.1, -0.05) is 17.7 Å². The zero-order valence-electron chi connectivity index (χ0n) is 10.7. The third-order valence-corrected chi connectivity index (χ3v) is 4.84. The second kappa shape index (κ2) is 4.87. The van der Waals surface area contributed by atoms with E-state index in [0.717, 1.165) is 11.1 Å². The lowest BCUT2D eigenvalue weighted by Gasteiger charge is -2.08. The van der Waals surface area contributed by atoms with Crippen molar-refractivity contribution in [2.24, 2.45) is 0 Å². The van der Waals surface area contributed by atoms with Crippen LogP contribution in [0.25, 0.3) is 0 Å². The van der Waals surface area contributed by atoms with E-state index in [0.29, 0.717) is 10.5 Å². The van der Waals surface area contributed by atoms with Gasteiger partial charge in [-0.15, -0.1) is 0 Å². The van der Waals surface area contributed by atoms with Gasteiger partial charge in [0.05, 0.1) is 21.4 Å². The van der Waals surface area contributed by atoms with Crippen molar-refractivity contribution >= 4 is 9.84 Å². The first-order valence-corrected chi connectivity index (χ1v) is 7.26. The molecule has 0 aliphatic rings. The van der Waals surface area contributed by atoms with Crippen molar-refractivity contribution in [1.82, 2.24) is 0 Å². The highest BCUT2D eigenvalue weighted by molar-refractivity contribution is 7.91. The summed E-state index contributed by atoms with van der Waals surface area (Å²) in [5.74, 6) is 0. The highest BCUT2D eigenvalue weighted by Gasteiger charge is 2.19. The molecule has 0 bridgehead atoms. The average molecular weight is 271 g/mol. The Morgan fingerprint density at radius 2 is 1.63 bits per heavy atom. The van der Waals surface area contributed by atoms with Gasteiger partial charge in [0.1, 0.15) is 0 Å². The molecule has 0 aromatic heterocycles. The summed E-state index contributed by atoms with van der Waals surface area (Å²) in [6.07, 6.45) is 0. The smallest absolute Gasteiger partial charge is 0.206 e. The lowest BCUT2D eigenvalue weighted by atomic mass is 10.2. The fourth-order valence-electron chi connectivity index (χ4n) is 1.94. The molecule has 2 aromatic carbocycles. The first-order chi connectivity index (χ1) is 8.95. The summed E-state index contributed by atoms with van der Waals surface area (Å²) in [4.78, 5) is 0.515. The maximum Gasteiger partial charge on any atom is 0.206 e. The largest absolute Gasteiger partial charge is 0.219 e. The van der Waals surface area contributed by atoms with Crippen molar-refractivity contribution in [3.8, 4) is 6.07 Å². The summed E-state index contributed by atoms with van der Waals surface area (Å²) < 4.78 is 25.0. The standard InChI is InChI=1S/C15H13NO2S/c1-11-3-8-15(12(2)9-11)19(17,18)14-6-4-13(10-16)5-7-14/h3-9H,1-2H3. The van der Waals surface area contributed by atoms with Crippen molar-refractivity contribution in [2.75, 3.05) is 0 Å². The van der Waals surface area contributed by atoms with Gasteiger partial charge in [0.2, 0.25) is 9.84 Å². The number of sulfone groups is 1. The van der Waals surface area contributed by atoms with Crippen LogP contribution in [0, 0.1) is 25.2 Å². The van der Waals surface area contributed by atoms with Crippen LogP contribution in [0.15, 0.2) is 52.3 Å². The quantitative estimate of drug-likeness (QED) is 0.843. The summed E-state index contributed by atoms with van der Waals surface area (Å²) in [5, 5.41) is 8.72. The van der Waals surface area contributed by atoms with Gasteiger partial charge in [-0.05, 0) is 49.7 Å². The van der Waals surface area contributed by atoms with Crippen LogP contribution in [0.2, 0.25) is 0 Å². The maximum absolute atomic E-state index is 12.5. The summed E-state index contributed by atoms with van der Waals surface area (Å²) in [7, 11) is -3.52. The van der Waals surface area contributed by atoms with E-state index in [2.05, 4.69) is 0 Å². The Balaban J connectivity index is 2.56. The Labute approximate surface area is 113 Å². The molecule has 0 saturated heterocycles. The van der Waals surface area contributed by atoms with E-state index in [-0.39, 0.29) is 4.90 Å². The first kappa shape index (κ1) is 13.3. The van der Waals surface area contributed by atoms with Crippen LogP contribution in [0.5, 0.6) is 0 Å². The Morgan fingerprint density at radius 1 is 1.00 bits per heavy atom. The number of rotatable bonds is 2. The summed E-state index contributed by atoms with van der Waals surface area (Å²) >= 11 is 0. The molecule has 3 nitrogen and oxygen atoms in total. The molecule has 19 heavy (non-hydrogen) atoms. The molecule has 2 aromatic rings. The molecule has 0 atom stereocenters.